The van der Waals surface area contributed by atoms with Crippen molar-refractivity contribution in [3.8, 4) is 50.2 Å². The lowest BCUT2D eigenvalue weighted by Gasteiger charge is -2.19. The zero-order valence-electron chi connectivity index (χ0n) is 30.2. The van der Waals surface area contributed by atoms with Gasteiger partial charge in [-0.2, -0.15) is 0 Å². The SMILES string of the molecule is c1ccc(-n2c3ccccc3c3cc(-c4ccc5c(c4)C(c4cccc6cc(-c7cccc8c7Cc7ccccc7-8)ccc46)c4ccccc4-5)ccc32)cc1. The number of hydrogen-bond donors (Lipinski definition) is 0. The molecule has 2 aliphatic rings. The van der Waals surface area contributed by atoms with Crippen LogP contribution in [0.15, 0.2) is 194 Å². The van der Waals surface area contributed by atoms with Crippen LogP contribution in [0.5, 0.6) is 0 Å². The van der Waals surface area contributed by atoms with Gasteiger partial charge in [-0.05, 0) is 132 Å². The number of nitrogens with zero attached hydrogens (tertiary/aromatic N) is 1. The monoisotopic (exact) mass is 697 g/mol. The maximum Gasteiger partial charge on any atom is 0.0541 e. The molecule has 0 fully saturated rings. The summed E-state index contributed by atoms with van der Waals surface area (Å²) in [5, 5.41) is 5.14. The molecule has 9 aromatic carbocycles. The van der Waals surface area contributed by atoms with Crippen LogP contribution in [-0.2, 0) is 6.42 Å². The summed E-state index contributed by atoms with van der Waals surface area (Å²) in [7, 11) is 0. The molecule has 0 radical (unpaired) electrons. The highest BCUT2D eigenvalue weighted by molar-refractivity contribution is 6.10. The molecule has 55 heavy (non-hydrogen) atoms. The lowest BCUT2D eigenvalue weighted by Crippen LogP contribution is -2.01. The molecule has 12 rings (SSSR count). The quantitative estimate of drug-likeness (QED) is 0.173. The number of benzene rings is 9. The highest BCUT2D eigenvalue weighted by atomic mass is 15.0. The Hall–Kier alpha value is -6.96. The zero-order valence-corrected chi connectivity index (χ0v) is 30.2. The first kappa shape index (κ1) is 30.5. The van der Waals surface area contributed by atoms with Gasteiger partial charge in [0.15, 0.2) is 0 Å². The molecular weight excluding hydrogens is 663 g/mol. The smallest absolute Gasteiger partial charge is 0.0541 e. The molecule has 1 nitrogen and oxygen atoms in total. The summed E-state index contributed by atoms with van der Waals surface area (Å²) in [6, 6.07) is 72.4. The van der Waals surface area contributed by atoms with Gasteiger partial charge in [0, 0.05) is 22.4 Å². The van der Waals surface area contributed by atoms with Gasteiger partial charge < -0.3 is 4.57 Å². The summed E-state index contributed by atoms with van der Waals surface area (Å²) in [6.45, 7) is 0. The second-order valence-electron chi connectivity index (χ2n) is 15.2. The minimum atomic E-state index is 0.139. The summed E-state index contributed by atoms with van der Waals surface area (Å²) in [6.07, 6.45) is 0.986. The molecule has 0 N–H and O–H groups in total. The molecule has 1 aromatic heterocycles. The third-order valence-corrected chi connectivity index (χ3v) is 12.3. The highest BCUT2D eigenvalue weighted by Crippen LogP contribution is 2.51. The van der Waals surface area contributed by atoms with E-state index in [2.05, 4.69) is 199 Å². The topological polar surface area (TPSA) is 4.93 Å². The average Bonchev–Trinajstić information content (AvgIpc) is 3.91. The number of aromatic nitrogens is 1. The first-order valence-electron chi connectivity index (χ1n) is 19.3. The summed E-state index contributed by atoms with van der Waals surface area (Å²) in [5.74, 6) is 0.139. The molecule has 0 amide bonds. The molecule has 0 saturated carbocycles. The minimum absolute atomic E-state index is 0.139. The maximum absolute atomic E-state index is 2.47. The number of para-hydroxylation sites is 2. The van der Waals surface area contributed by atoms with Crippen molar-refractivity contribution in [2.75, 3.05) is 0 Å². The van der Waals surface area contributed by atoms with E-state index in [1.807, 2.05) is 0 Å². The molecule has 2 aliphatic carbocycles. The zero-order chi connectivity index (χ0) is 36.0. The van der Waals surface area contributed by atoms with E-state index in [9.17, 15) is 0 Å². The highest BCUT2D eigenvalue weighted by Gasteiger charge is 2.31. The second-order valence-corrected chi connectivity index (χ2v) is 15.2. The van der Waals surface area contributed by atoms with Crippen LogP contribution in [0.4, 0.5) is 0 Å². The maximum atomic E-state index is 2.47. The Kier molecular flexibility index (Phi) is 6.53. The third-order valence-electron chi connectivity index (χ3n) is 12.3. The van der Waals surface area contributed by atoms with Gasteiger partial charge in [0.1, 0.15) is 0 Å². The van der Waals surface area contributed by atoms with Crippen molar-refractivity contribution in [1.29, 1.82) is 0 Å². The number of hydrogen-bond acceptors (Lipinski definition) is 0. The largest absolute Gasteiger partial charge is 0.309 e. The van der Waals surface area contributed by atoms with Crippen molar-refractivity contribution in [1.82, 2.24) is 4.57 Å². The van der Waals surface area contributed by atoms with Crippen molar-refractivity contribution in [3.05, 3.63) is 222 Å². The molecule has 0 saturated heterocycles. The Morgan fingerprint density at radius 1 is 0.364 bits per heavy atom. The van der Waals surface area contributed by atoms with E-state index in [0.717, 1.165) is 6.42 Å². The Labute approximate surface area is 320 Å². The lowest BCUT2D eigenvalue weighted by atomic mass is 9.84. The molecule has 1 unspecified atom stereocenters. The predicted octanol–water partition coefficient (Wildman–Crippen LogP) is 14.0. The van der Waals surface area contributed by atoms with Gasteiger partial charge in [-0.1, -0.05) is 152 Å². The van der Waals surface area contributed by atoms with Crippen molar-refractivity contribution < 1.29 is 0 Å². The van der Waals surface area contributed by atoms with Crippen LogP contribution in [0.3, 0.4) is 0 Å². The van der Waals surface area contributed by atoms with Crippen LogP contribution in [-0.4, -0.2) is 4.57 Å². The van der Waals surface area contributed by atoms with Gasteiger partial charge in [0.25, 0.3) is 0 Å². The second kappa shape index (κ2) is 11.8. The van der Waals surface area contributed by atoms with Gasteiger partial charge in [-0.3, -0.25) is 0 Å². The van der Waals surface area contributed by atoms with Gasteiger partial charge >= 0.3 is 0 Å². The van der Waals surface area contributed by atoms with E-state index in [-0.39, 0.29) is 5.92 Å². The Morgan fingerprint density at radius 3 is 1.98 bits per heavy atom. The van der Waals surface area contributed by atoms with E-state index in [1.165, 1.54) is 111 Å². The van der Waals surface area contributed by atoms with Crippen LogP contribution >= 0.6 is 0 Å². The van der Waals surface area contributed by atoms with Gasteiger partial charge in [0.05, 0.1) is 11.0 Å². The molecule has 1 heterocycles. The number of fused-ring (bicyclic) bond motifs is 10. The Morgan fingerprint density at radius 2 is 1.04 bits per heavy atom. The predicted molar refractivity (Wildman–Crippen MR) is 230 cm³/mol. The van der Waals surface area contributed by atoms with Crippen molar-refractivity contribution >= 4 is 32.6 Å². The fourth-order valence-corrected chi connectivity index (χ4v) is 9.89. The molecule has 0 spiro atoms. The Bertz CT molecular complexity index is 3180. The molecular formula is C54H35N. The number of rotatable bonds is 4. The minimum Gasteiger partial charge on any atom is -0.309 e. The lowest BCUT2D eigenvalue weighted by molar-refractivity contribution is 1.03. The summed E-state index contributed by atoms with van der Waals surface area (Å²) in [4.78, 5) is 0. The summed E-state index contributed by atoms with van der Waals surface area (Å²) < 4.78 is 2.39. The van der Waals surface area contributed by atoms with Crippen molar-refractivity contribution in [2.24, 2.45) is 0 Å². The molecule has 10 aromatic rings. The molecule has 0 aliphatic heterocycles. The standard InChI is InChI=1S/C54H35N/c1-2-14-39(15-3-1)55-52-23-9-8-18-46(52)50-31-35(26-29-53(50)55)34-24-28-45-44-17-6-7-19-48(44)54(51(45)32-34)47-22-10-13-36-30-38(25-27-42(36)47)41-20-11-21-43-40-16-5-4-12-37(40)33-49(41)43/h1-32,54H,33H2. The molecule has 1 atom stereocenters. The fourth-order valence-electron chi connectivity index (χ4n) is 9.89. The first-order valence-corrected chi connectivity index (χ1v) is 19.3. The summed E-state index contributed by atoms with van der Waals surface area (Å²) >= 11 is 0. The fraction of sp³-hybridized carbons (Fsp3) is 0.0370. The van der Waals surface area contributed by atoms with Gasteiger partial charge in [0.2, 0.25) is 0 Å². The van der Waals surface area contributed by atoms with Crippen LogP contribution in [0, 0.1) is 0 Å². The van der Waals surface area contributed by atoms with Gasteiger partial charge in [-0.15, -0.1) is 0 Å². The van der Waals surface area contributed by atoms with Crippen LogP contribution in [0.2, 0.25) is 0 Å². The first-order chi connectivity index (χ1) is 27.3. The molecule has 1 heteroatoms. The van der Waals surface area contributed by atoms with E-state index < -0.39 is 0 Å². The van der Waals surface area contributed by atoms with E-state index in [1.54, 1.807) is 0 Å². The van der Waals surface area contributed by atoms with Crippen LogP contribution in [0.1, 0.15) is 33.7 Å². The molecule has 0 bridgehead atoms. The Balaban J connectivity index is 0.987. The van der Waals surface area contributed by atoms with Crippen LogP contribution < -0.4 is 0 Å². The summed E-state index contributed by atoms with van der Waals surface area (Å²) in [5.41, 5.74) is 21.1. The van der Waals surface area contributed by atoms with Crippen molar-refractivity contribution in [2.45, 2.75) is 12.3 Å². The van der Waals surface area contributed by atoms with Gasteiger partial charge in [-0.25, -0.2) is 0 Å². The third kappa shape index (κ3) is 4.54. The van der Waals surface area contributed by atoms with E-state index in [4.69, 9.17) is 0 Å². The van der Waals surface area contributed by atoms with E-state index in [0.29, 0.717) is 0 Å². The normalized spacial score (nSPS) is 13.9. The molecule has 256 valence electrons. The van der Waals surface area contributed by atoms with E-state index >= 15 is 0 Å². The van der Waals surface area contributed by atoms with Crippen LogP contribution in [0.25, 0.3) is 82.8 Å². The average molecular weight is 698 g/mol. The van der Waals surface area contributed by atoms with Crippen molar-refractivity contribution in [3.63, 3.8) is 0 Å².